The zero-order chi connectivity index (χ0) is 17.1. The number of nitrogens with zero attached hydrogens (tertiary/aromatic N) is 2. The molecule has 0 spiro atoms. The molecule has 0 aliphatic carbocycles. The molecule has 0 atom stereocenters. The van der Waals surface area contributed by atoms with Crippen LogP contribution in [-0.4, -0.2) is 22.6 Å². The van der Waals surface area contributed by atoms with Crippen molar-refractivity contribution < 1.29 is 4.42 Å². The largest absolute Gasteiger partial charge is 0.445 e. The van der Waals surface area contributed by atoms with E-state index in [9.17, 15) is 4.79 Å². The van der Waals surface area contributed by atoms with Crippen LogP contribution >= 0.6 is 0 Å². The molecule has 3 heterocycles. The van der Waals surface area contributed by atoms with Gasteiger partial charge in [0.2, 0.25) is 5.89 Å². The summed E-state index contributed by atoms with van der Waals surface area (Å²) in [5.74, 6) is 1.26. The third kappa shape index (κ3) is 3.56. The lowest BCUT2D eigenvalue weighted by atomic mass is 9.91. The summed E-state index contributed by atoms with van der Waals surface area (Å²) < 4.78 is 6.96. The first-order chi connectivity index (χ1) is 12.3. The van der Waals surface area contributed by atoms with E-state index in [0.717, 1.165) is 36.3 Å². The molecule has 0 bridgehead atoms. The number of rotatable bonds is 4. The minimum atomic E-state index is 0.00954. The third-order valence-corrected chi connectivity index (χ3v) is 4.79. The Kier molecular flexibility index (Phi) is 4.48. The van der Waals surface area contributed by atoms with E-state index in [2.05, 4.69) is 16.4 Å². The Morgan fingerprint density at radius 1 is 1.16 bits per heavy atom. The average molecular weight is 335 g/mol. The van der Waals surface area contributed by atoms with Crippen LogP contribution in [-0.2, 0) is 6.42 Å². The van der Waals surface area contributed by atoms with Crippen LogP contribution in [0, 0.1) is 5.92 Å². The van der Waals surface area contributed by atoms with Crippen molar-refractivity contribution >= 4 is 0 Å². The Balaban J connectivity index is 1.53. The molecule has 128 valence electrons. The first-order valence-corrected chi connectivity index (χ1v) is 8.72. The van der Waals surface area contributed by atoms with Crippen LogP contribution < -0.4 is 10.9 Å². The third-order valence-electron chi connectivity index (χ3n) is 4.79. The van der Waals surface area contributed by atoms with Gasteiger partial charge in [0.1, 0.15) is 6.26 Å². The minimum Gasteiger partial charge on any atom is -0.445 e. The number of aromatic nitrogens is 2. The number of oxazole rings is 1. The molecule has 1 aromatic carbocycles. The summed E-state index contributed by atoms with van der Waals surface area (Å²) in [5.41, 5.74) is 2.87. The Morgan fingerprint density at radius 3 is 2.64 bits per heavy atom. The van der Waals surface area contributed by atoms with Gasteiger partial charge in [-0.15, -0.1) is 0 Å². The molecule has 1 N–H and O–H groups in total. The number of benzene rings is 1. The lowest BCUT2D eigenvalue weighted by molar-refractivity contribution is 0.372. The van der Waals surface area contributed by atoms with Crippen molar-refractivity contribution in [1.29, 1.82) is 0 Å². The highest BCUT2D eigenvalue weighted by Gasteiger charge is 2.14. The molecule has 25 heavy (non-hydrogen) atoms. The van der Waals surface area contributed by atoms with E-state index in [1.54, 1.807) is 23.1 Å². The van der Waals surface area contributed by atoms with Gasteiger partial charge in [0.05, 0.1) is 6.20 Å². The average Bonchev–Trinajstić information content (AvgIpc) is 3.18. The lowest BCUT2D eigenvalue weighted by Gasteiger charge is -2.22. The predicted octanol–water partition coefficient (Wildman–Crippen LogP) is 3.03. The van der Waals surface area contributed by atoms with Crippen LogP contribution in [0.5, 0.6) is 0 Å². The Bertz CT molecular complexity index is 876. The summed E-state index contributed by atoms with van der Waals surface area (Å²) in [6.07, 6.45) is 8.40. The van der Waals surface area contributed by atoms with Crippen LogP contribution in [0.15, 0.2) is 64.3 Å². The summed E-state index contributed by atoms with van der Waals surface area (Å²) >= 11 is 0. The van der Waals surface area contributed by atoms with E-state index in [4.69, 9.17) is 4.42 Å². The maximum atomic E-state index is 12.5. The highest BCUT2D eigenvalue weighted by molar-refractivity contribution is 5.55. The fourth-order valence-electron chi connectivity index (χ4n) is 3.41. The second kappa shape index (κ2) is 7.07. The molecule has 1 saturated heterocycles. The Morgan fingerprint density at radius 2 is 1.96 bits per heavy atom. The van der Waals surface area contributed by atoms with Crippen molar-refractivity contribution in [2.45, 2.75) is 19.3 Å². The summed E-state index contributed by atoms with van der Waals surface area (Å²) in [7, 11) is 0. The van der Waals surface area contributed by atoms with Crippen LogP contribution in [0.2, 0.25) is 0 Å². The van der Waals surface area contributed by atoms with Crippen molar-refractivity contribution in [2.24, 2.45) is 5.92 Å². The van der Waals surface area contributed by atoms with Gasteiger partial charge in [-0.05, 0) is 74.2 Å². The van der Waals surface area contributed by atoms with Gasteiger partial charge in [-0.25, -0.2) is 4.98 Å². The fourth-order valence-corrected chi connectivity index (χ4v) is 3.41. The first kappa shape index (κ1) is 15.8. The predicted molar refractivity (Wildman–Crippen MR) is 96.8 cm³/mol. The number of hydrogen-bond donors (Lipinski definition) is 1. The zero-order valence-corrected chi connectivity index (χ0v) is 14.0. The minimum absolute atomic E-state index is 0.00954. The van der Waals surface area contributed by atoms with E-state index < -0.39 is 0 Å². The van der Waals surface area contributed by atoms with E-state index in [1.807, 2.05) is 30.5 Å². The molecule has 1 fully saturated rings. The quantitative estimate of drug-likeness (QED) is 0.796. The number of piperidine rings is 1. The molecule has 5 heteroatoms. The van der Waals surface area contributed by atoms with Gasteiger partial charge in [0.15, 0.2) is 0 Å². The van der Waals surface area contributed by atoms with Crippen molar-refractivity contribution in [3.05, 3.63) is 71.0 Å². The summed E-state index contributed by atoms with van der Waals surface area (Å²) in [6, 6.07) is 11.5. The van der Waals surface area contributed by atoms with Crippen molar-refractivity contribution in [2.75, 3.05) is 13.1 Å². The van der Waals surface area contributed by atoms with Gasteiger partial charge in [-0.2, -0.15) is 0 Å². The normalized spacial score (nSPS) is 15.4. The molecule has 0 unspecified atom stereocenters. The van der Waals surface area contributed by atoms with Crippen molar-refractivity contribution in [3.8, 4) is 17.1 Å². The van der Waals surface area contributed by atoms with Crippen LogP contribution in [0.3, 0.4) is 0 Å². The lowest BCUT2D eigenvalue weighted by Crippen LogP contribution is -2.29. The highest BCUT2D eigenvalue weighted by atomic mass is 16.3. The van der Waals surface area contributed by atoms with Gasteiger partial charge >= 0.3 is 0 Å². The maximum absolute atomic E-state index is 12.5. The standard InChI is InChI=1S/C20H21N3O2/c24-19-14-16(13-15-5-8-21-9-6-15)7-11-23(19)18-3-1-17(2-4-18)20-22-10-12-25-20/h1-4,7,10-12,14-15,21H,5-6,8-9,13H2. The topological polar surface area (TPSA) is 60.1 Å². The van der Waals surface area contributed by atoms with E-state index in [-0.39, 0.29) is 5.56 Å². The van der Waals surface area contributed by atoms with E-state index >= 15 is 0 Å². The zero-order valence-electron chi connectivity index (χ0n) is 14.0. The van der Waals surface area contributed by atoms with Crippen molar-refractivity contribution in [1.82, 2.24) is 14.9 Å². The Hall–Kier alpha value is -2.66. The molecule has 2 aromatic heterocycles. The van der Waals surface area contributed by atoms with Crippen LogP contribution in [0.25, 0.3) is 17.1 Å². The summed E-state index contributed by atoms with van der Waals surface area (Å²) in [4.78, 5) is 16.6. The SMILES string of the molecule is O=c1cc(CC2CCNCC2)ccn1-c1ccc(-c2ncco2)cc1. The smallest absolute Gasteiger partial charge is 0.255 e. The molecule has 0 saturated carbocycles. The monoisotopic (exact) mass is 335 g/mol. The molecule has 0 radical (unpaired) electrons. The van der Waals surface area contributed by atoms with Gasteiger partial charge in [0.25, 0.3) is 5.56 Å². The van der Waals surface area contributed by atoms with E-state index in [0.29, 0.717) is 11.8 Å². The molecule has 3 aromatic rings. The maximum Gasteiger partial charge on any atom is 0.255 e. The molecule has 4 rings (SSSR count). The van der Waals surface area contributed by atoms with Crippen molar-refractivity contribution in [3.63, 3.8) is 0 Å². The van der Waals surface area contributed by atoms with Crippen LogP contribution in [0.4, 0.5) is 0 Å². The van der Waals surface area contributed by atoms with Gasteiger partial charge in [-0.1, -0.05) is 0 Å². The second-order valence-corrected chi connectivity index (χ2v) is 6.52. The van der Waals surface area contributed by atoms with E-state index in [1.165, 1.54) is 12.8 Å². The second-order valence-electron chi connectivity index (χ2n) is 6.52. The number of nitrogens with one attached hydrogen (secondary N) is 1. The molecule has 1 aliphatic rings. The summed E-state index contributed by atoms with van der Waals surface area (Å²) in [5, 5.41) is 3.38. The first-order valence-electron chi connectivity index (χ1n) is 8.72. The fraction of sp³-hybridized carbons (Fsp3) is 0.300. The molecular weight excluding hydrogens is 314 g/mol. The molecule has 1 aliphatic heterocycles. The van der Waals surface area contributed by atoms with Gasteiger partial charge < -0.3 is 9.73 Å². The Labute approximate surface area is 146 Å². The number of hydrogen-bond acceptors (Lipinski definition) is 4. The number of pyridine rings is 1. The molecular formula is C20H21N3O2. The molecule has 5 nitrogen and oxygen atoms in total. The van der Waals surface area contributed by atoms with Crippen LogP contribution in [0.1, 0.15) is 18.4 Å². The molecule has 0 amide bonds. The van der Waals surface area contributed by atoms with Gasteiger partial charge in [-0.3, -0.25) is 9.36 Å². The highest BCUT2D eigenvalue weighted by Crippen LogP contribution is 2.20. The van der Waals surface area contributed by atoms with Gasteiger partial charge in [0, 0.05) is 23.5 Å². The summed E-state index contributed by atoms with van der Waals surface area (Å²) in [6.45, 7) is 2.16.